The Morgan fingerprint density at radius 2 is 1.94 bits per heavy atom. The third-order valence-electron chi connectivity index (χ3n) is 5.00. The van der Waals surface area contributed by atoms with E-state index in [9.17, 15) is 14.0 Å². The Kier molecular flexibility index (Phi) is 7.44. The zero-order valence-corrected chi connectivity index (χ0v) is 19.3. The van der Waals surface area contributed by atoms with E-state index in [0.29, 0.717) is 24.4 Å². The summed E-state index contributed by atoms with van der Waals surface area (Å²) in [4.78, 5) is 29.7. The van der Waals surface area contributed by atoms with Crippen LogP contribution in [0.25, 0.3) is 16.4 Å². The van der Waals surface area contributed by atoms with E-state index in [4.69, 9.17) is 4.74 Å². The Hall–Kier alpha value is -3.85. The van der Waals surface area contributed by atoms with Gasteiger partial charge in [-0.1, -0.05) is 42.0 Å². The largest absolute Gasteiger partial charge is 0.458 e. The number of nitrogens with one attached hydrogen (secondary N) is 1. The molecule has 0 radical (unpaired) electrons. The van der Waals surface area contributed by atoms with Crippen LogP contribution in [0.15, 0.2) is 66.0 Å². The molecule has 4 rings (SSSR count). The third kappa shape index (κ3) is 5.93. The van der Waals surface area contributed by atoms with E-state index in [1.807, 2.05) is 48.7 Å². The lowest BCUT2D eigenvalue weighted by Crippen LogP contribution is -2.28. The van der Waals surface area contributed by atoms with Gasteiger partial charge in [-0.3, -0.25) is 4.79 Å². The zero-order valence-electron chi connectivity index (χ0n) is 18.5. The molecule has 0 spiro atoms. The molecular weight excluding hydrogens is 455 g/mol. The van der Waals surface area contributed by atoms with E-state index < -0.39 is 11.8 Å². The van der Waals surface area contributed by atoms with Crippen LogP contribution in [0.4, 0.5) is 4.39 Å². The normalized spacial score (nSPS) is 10.8. The Morgan fingerprint density at radius 1 is 1.12 bits per heavy atom. The summed E-state index contributed by atoms with van der Waals surface area (Å²) in [6.07, 6.45) is 0.986. The molecule has 2 heterocycles. The van der Waals surface area contributed by atoms with Crippen molar-refractivity contribution in [1.82, 2.24) is 20.1 Å². The number of aromatic nitrogens is 3. The number of hydrogen-bond acceptors (Lipinski definition) is 6. The molecule has 4 aromatic rings. The number of rotatable bonds is 9. The van der Waals surface area contributed by atoms with Crippen molar-refractivity contribution in [3.05, 3.63) is 88.8 Å². The summed E-state index contributed by atoms with van der Waals surface area (Å²) < 4.78 is 20.4. The number of esters is 1. The fourth-order valence-corrected chi connectivity index (χ4v) is 3.95. The van der Waals surface area contributed by atoms with Gasteiger partial charge in [0.1, 0.15) is 12.4 Å². The van der Waals surface area contributed by atoms with Crippen molar-refractivity contribution >= 4 is 23.2 Å². The van der Waals surface area contributed by atoms with Crippen LogP contribution in [-0.4, -0.2) is 39.8 Å². The number of halogens is 1. The highest BCUT2D eigenvalue weighted by Gasteiger charge is 2.20. The summed E-state index contributed by atoms with van der Waals surface area (Å²) in [6, 6.07) is 17.6. The highest BCUT2D eigenvalue weighted by Crippen LogP contribution is 2.26. The summed E-state index contributed by atoms with van der Waals surface area (Å²) in [6.45, 7) is 2.18. The van der Waals surface area contributed by atoms with E-state index >= 15 is 0 Å². The van der Waals surface area contributed by atoms with Gasteiger partial charge in [0.15, 0.2) is 5.82 Å². The molecular formula is C25H23FN4O3S. The first-order valence-electron chi connectivity index (χ1n) is 10.8. The fourth-order valence-electron chi connectivity index (χ4n) is 3.25. The van der Waals surface area contributed by atoms with Crippen molar-refractivity contribution in [3.8, 4) is 16.4 Å². The number of nitrogens with zero attached hydrogens (tertiary/aromatic N) is 3. The molecule has 9 heteroatoms. The third-order valence-corrected chi connectivity index (χ3v) is 5.87. The van der Waals surface area contributed by atoms with Crippen LogP contribution in [0.3, 0.4) is 0 Å². The second-order valence-corrected chi connectivity index (χ2v) is 8.55. The molecule has 0 bridgehead atoms. The van der Waals surface area contributed by atoms with Crippen LogP contribution >= 0.6 is 11.3 Å². The molecule has 0 fully saturated rings. The van der Waals surface area contributed by atoms with E-state index in [1.165, 1.54) is 33.7 Å². The Labute approximate surface area is 200 Å². The summed E-state index contributed by atoms with van der Waals surface area (Å²) in [5.74, 6) is -0.991. The average molecular weight is 479 g/mol. The molecule has 1 N–H and O–H groups in total. The first kappa shape index (κ1) is 23.3. The number of thiophene rings is 1. The molecule has 174 valence electrons. The van der Waals surface area contributed by atoms with Gasteiger partial charge in [-0.25, -0.2) is 13.9 Å². The van der Waals surface area contributed by atoms with Crippen molar-refractivity contribution in [2.75, 3.05) is 13.2 Å². The summed E-state index contributed by atoms with van der Waals surface area (Å²) in [7, 11) is 0. The average Bonchev–Trinajstić information content (AvgIpc) is 3.51. The molecule has 0 aliphatic carbocycles. The van der Waals surface area contributed by atoms with Gasteiger partial charge in [-0.05, 0) is 48.6 Å². The monoisotopic (exact) mass is 478 g/mol. The minimum absolute atomic E-state index is 0.0159. The standard InChI is InChI=1S/C25H23FN4O3S/c1-17-7-9-18(10-8-17)11-12-22(31)27-13-14-33-25(32)23-28-24(21-6-3-15-34-21)30(29-23)20-5-2-4-19(26)16-20/h2-10,15-16H,11-14H2,1H3,(H,27,31). The second-order valence-electron chi connectivity index (χ2n) is 7.60. The van der Waals surface area contributed by atoms with E-state index in [-0.39, 0.29) is 24.9 Å². The van der Waals surface area contributed by atoms with Crippen molar-refractivity contribution in [2.24, 2.45) is 0 Å². The highest BCUT2D eigenvalue weighted by molar-refractivity contribution is 7.13. The van der Waals surface area contributed by atoms with Gasteiger partial charge < -0.3 is 10.1 Å². The summed E-state index contributed by atoms with van der Waals surface area (Å²) in [5, 5.41) is 8.86. The quantitative estimate of drug-likeness (QED) is 0.286. The van der Waals surface area contributed by atoms with Gasteiger partial charge >= 0.3 is 5.97 Å². The van der Waals surface area contributed by atoms with Crippen LogP contribution in [0, 0.1) is 12.7 Å². The fraction of sp³-hybridized carbons (Fsp3) is 0.200. The molecule has 2 aromatic heterocycles. The molecule has 1 amide bonds. The summed E-state index contributed by atoms with van der Waals surface area (Å²) >= 11 is 1.43. The van der Waals surface area contributed by atoms with Crippen LogP contribution < -0.4 is 5.32 Å². The van der Waals surface area contributed by atoms with Crippen molar-refractivity contribution in [2.45, 2.75) is 19.8 Å². The van der Waals surface area contributed by atoms with Gasteiger partial charge in [-0.2, -0.15) is 4.98 Å². The highest BCUT2D eigenvalue weighted by atomic mass is 32.1. The predicted molar refractivity (Wildman–Crippen MR) is 127 cm³/mol. The lowest BCUT2D eigenvalue weighted by molar-refractivity contribution is -0.121. The second kappa shape index (κ2) is 10.8. The van der Waals surface area contributed by atoms with E-state index in [0.717, 1.165) is 10.4 Å². The van der Waals surface area contributed by atoms with Gasteiger partial charge in [0.2, 0.25) is 5.91 Å². The Balaban J connectivity index is 1.33. The molecule has 2 aromatic carbocycles. The maximum absolute atomic E-state index is 13.7. The molecule has 34 heavy (non-hydrogen) atoms. The SMILES string of the molecule is Cc1ccc(CCC(=O)NCCOC(=O)c2nc(-c3cccs3)n(-c3cccc(F)c3)n2)cc1. The van der Waals surface area contributed by atoms with Crippen molar-refractivity contribution in [3.63, 3.8) is 0 Å². The number of carbonyl (C=O) groups excluding carboxylic acids is 2. The number of carbonyl (C=O) groups is 2. The smallest absolute Gasteiger partial charge is 0.378 e. The minimum Gasteiger partial charge on any atom is -0.458 e. The summed E-state index contributed by atoms with van der Waals surface area (Å²) in [5.41, 5.74) is 2.71. The molecule has 0 atom stereocenters. The van der Waals surface area contributed by atoms with Crippen LogP contribution in [0.2, 0.25) is 0 Å². The lowest BCUT2D eigenvalue weighted by Gasteiger charge is -2.06. The van der Waals surface area contributed by atoms with E-state index in [1.54, 1.807) is 12.1 Å². The van der Waals surface area contributed by atoms with Crippen molar-refractivity contribution < 1.29 is 18.7 Å². The van der Waals surface area contributed by atoms with Gasteiger partial charge in [0, 0.05) is 6.42 Å². The predicted octanol–water partition coefficient (Wildman–Crippen LogP) is 4.35. The van der Waals surface area contributed by atoms with Crippen LogP contribution in [0.1, 0.15) is 28.2 Å². The lowest BCUT2D eigenvalue weighted by atomic mass is 10.1. The van der Waals surface area contributed by atoms with Gasteiger partial charge in [0.25, 0.3) is 5.82 Å². The van der Waals surface area contributed by atoms with Crippen LogP contribution in [-0.2, 0) is 16.0 Å². The Morgan fingerprint density at radius 3 is 2.68 bits per heavy atom. The van der Waals surface area contributed by atoms with Gasteiger partial charge in [0.05, 0.1) is 17.1 Å². The molecule has 0 aliphatic rings. The maximum Gasteiger partial charge on any atom is 0.378 e. The molecule has 0 saturated heterocycles. The number of aryl methyl sites for hydroxylation is 2. The van der Waals surface area contributed by atoms with E-state index in [2.05, 4.69) is 15.4 Å². The first-order chi connectivity index (χ1) is 16.5. The number of hydrogen-bond donors (Lipinski definition) is 1. The topological polar surface area (TPSA) is 86.1 Å². The van der Waals surface area contributed by atoms with Crippen LogP contribution in [0.5, 0.6) is 0 Å². The molecule has 0 unspecified atom stereocenters. The molecule has 7 nitrogen and oxygen atoms in total. The van der Waals surface area contributed by atoms with Crippen molar-refractivity contribution in [1.29, 1.82) is 0 Å². The number of ether oxygens (including phenoxy) is 1. The van der Waals surface area contributed by atoms with Gasteiger partial charge in [-0.15, -0.1) is 16.4 Å². The molecule has 0 aliphatic heterocycles. The Bertz CT molecular complexity index is 1270. The zero-order chi connectivity index (χ0) is 23.9. The number of benzene rings is 2. The first-order valence-corrected chi connectivity index (χ1v) is 11.6. The molecule has 0 saturated carbocycles. The number of amides is 1. The maximum atomic E-state index is 13.7. The minimum atomic E-state index is -0.720.